The fourth-order valence-electron chi connectivity index (χ4n) is 2.90. The molecular weight excluding hydrogens is 244 g/mol. The highest BCUT2D eigenvalue weighted by Crippen LogP contribution is 2.15. The van der Waals surface area contributed by atoms with Gasteiger partial charge in [-0.1, -0.05) is 37.3 Å². The van der Waals surface area contributed by atoms with Crippen LogP contribution in [0.5, 0.6) is 0 Å². The van der Waals surface area contributed by atoms with Gasteiger partial charge in [0.05, 0.1) is 0 Å². The molecule has 0 atom stereocenters. The zero-order valence-electron chi connectivity index (χ0n) is 13.0. The summed E-state index contributed by atoms with van der Waals surface area (Å²) in [6.07, 6.45) is 6.51. The number of piperidine rings is 1. The Labute approximate surface area is 124 Å². The van der Waals surface area contributed by atoms with Crippen LogP contribution in [0, 0.1) is 5.92 Å². The van der Waals surface area contributed by atoms with E-state index >= 15 is 0 Å². The van der Waals surface area contributed by atoms with Gasteiger partial charge in [-0.2, -0.15) is 0 Å². The molecule has 1 aromatic carbocycles. The summed E-state index contributed by atoms with van der Waals surface area (Å²) in [6.45, 7) is 8.60. The smallest absolute Gasteiger partial charge is 0.000664 e. The van der Waals surface area contributed by atoms with Gasteiger partial charge in [0.1, 0.15) is 0 Å². The molecule has 1 aromatic rings. The van der Waals surface area contributed by atoms with Crippen molar-refractivity contribution in [2.24, 2.45) is 5.92 Å². The monoisotopic (exact) mass is 274 g/mol. The van der Waals surface area contributed by atoms with E-state index in [1.165, 1.54) is 63.8 Å². The molecule has 0 aromatic heterocycles. The van der Waals surface area contributed by atoms with Crippen molar-refractivity contribution in [3.8, 4) is 0 Å². The van der Waals surface area contributed by atoms with Gasteiger partial charge in [0, 0.05) is 0 Å². The highest BCUT2D eigenvalue weighted by Gasteiger charge is 2.14. The average Bonchev–Trinajstić information content (AvgIpc) is 2.49. The van der Waals surface area contributed by atoms with Gasteiger partial charge in [-0.05, 0) is 76.3 Å². The first kappa shape index (κ1) is 15.5. The molecule has 0 amide bonds. The van der Waals surface area contributed by atoms with Crippen LogP contribution < -0.4 is 5.32 Å². The molecule has 112 valence electrons. The molecule has 0 saturated carbocycles. The topological polar surface area (TPSA) is 15.3 Å². The molecule has 0 bridgehead atoms. The van der Waals surface area contributed by atoms with Gasteiger partial charge >= 0.3 is 0 Å². The first-order valence-electron chi connectivity index (χ1n) is 8.31. The van der Waals surface area contributed by atoms with Crippen molar-refractivity contribution in [3.63, 3.8) is 0 Å². The summed E-state index contributed by atoms with van der Waals surface area (Å²) >= 11 is 0. The molecule has 0 spiro atoms. The van der Waals surface area contributed by atoms with Crippen LogP contribution >= 0.6 is 0 Å². The van der Waals surface area contributed by atoms with Crippen molar-refractivity contribution in [1.29, 1.82) is 0 Å². The Balaban J connectivity index is 1.42. The van der Waals surface area contributed by atoms with E-state index in [1.807, 2.05) is 0 Å². The maximum atomic E-state index is 3.58. The van der Waals surface area contributed by atoms with Crippen molar-refractivity contribution in [3.05, 3.63) is 35.9 Å². The zero-order chi connectivity index (χ0) is 14.0. The molecule has 20 heavy (non-hydrogen) atoms. The molecule has 1 heterocycles. The lowest BCUT2D eigenvalue weighted by molar-refractivity contribution is 0.190. The molecule has 2 nitrogen and oxygen atoms in total. The Morgan fingerprint density at radius 3 is 2.50 bits per heavy atom. The maximum Gasteiger partial charge on any atom is -0.000664 e. The fourth-order valence-corrected chi connectivity index (χ4v) is 2.90. The van der Waals surface area contributed by atoms with Crippen molar-refractivity contribution < 1.29 is 0 Å². The maximum absolute atomic E-state index is 3.58. The molecule has 1 aliphatic heterocycles. The predicted octanol–water partition coefficient (Wildman–Crippen LogP) is 3.33. The Bertz CT molecular complexity index is 342. The van der Waals surface area contributed by atoms with E-state index in [1.54, 1.807) is 0 Å². The largest absolute Gasteiger partial charge is 0.317 e. The molecule has 0 unspecified atom stereocenters. The van der Waals surface area contributed by atoms with Crippen molar-refractivity contribution in [1.82, 2.24) is 10.2 Å². The summed E-state index contributed by atoms with van der Waals surface area (Å²) in [5.74, 6) is 0.947. The molecule has 0 radical (unpaired) electrons. The molecule has 2 rings (SSSR count). The van der Waals surface area contributed by atoms with E-state index in [2.05, 4.69) is 47.5 Å². The Morgan fingerprint density at radius 1 is 1.05 bits per heavy atom. The Kier molecular flexibility index (Phi) is 7.10. The van der Waals surface area contributed by atoms with Crippen LogP contribution in [0.2, 0.25) is 0 Å². The number of likely N-dealkylation sites (tertiary alicyclic amines) is 1. The van der Waals surface area contributed by atoms with Crippen LogP contribution in [0.3, 0.4) is 0 Å². The summed E-state index contributed by atoms with van der Waals surface area (Å²) in [5, 5.41) is 3.58. The minimum atomic E-state index is 0.947. The normalized spacial score (nSPS) is 17.4. The van der Waals surface area contributed by atoms with E-state index < -0.39 is 0 Å². The predicted molar refractivity (Wildman–Crippen MR) is 87.1 cm³/mol. The minimum Gasteiger partial charge on any atom is -0.317 e. The van der Waals surface area contributed by atoms with Gasteiger partial charge < -0.3 is 10.2 Å². The van der Waals surface area contributed by atoms with E-state index in [0.717, 1.165) is 12.5 Å². The first-order valence-corrected chi connectivity index (χ1v) is 8.31. The summed E-state index contributed by atoms with van der Waals surface area (Å²) in [4.78, 5) is 2.63. The standard InChI is InChI=1S/C18H30N2/c1-17-10-15-20(16-11-17)14-6-13-19-12-5-9-18-7-3-2-4-8-18/h2-4,7-8,17,19H,5-6,9-16H2,1H3. The van der Waals surface area contributed by atoms with E-state index in [0.29, 0.717) is 0 Å². The Hall–Kier alpha value is -0.860. The molecule has 0 aliphatic carbocycles. The van der Waals surface area contributed by atoms with Gasteiger partial charge in [0.15, 0.2) is 0 Å². The third-order valence-corrected chi connectivity index (χ3v) is 4.37. The lowest BCUT2D eigenvalue weighted by Gasteiger charge is -2.30. The van der Waals surface area contributed by atoms with Crippen molar-refractivity contribution >= 4 is 0 Å². The molecular formula is C18H30N2. The number of hydrogen-bond acceptors (Lipinski definition) is 2. The lowest BCUT2D eigenvalue weighted by atomic mass is 9.99. The van der Waals surface area contributed by atoms with Crippen LogP contribution in [0.25, 0.3) is 0 Å². The zero-order valence-corrected chi connectivity index (χ0v) is 13.0. The fraction of sp³-hybridized carbons (Fsp3) is 0.667. The van der Waals surface area contributed by atoms with Crippen LogP contribution in [0.1, 0.15) is 38.2 Å². The summed E-state index contributed by atoms with van der Waals surface area (Å²) in [6, 6.07) is 10.8. The second kappa shape index (κ2) is 9.15. The van der Waals surface area contributed by atoms with E-state index in [-0.39, 0.29) is 0 Å². The number of nitrogens with zero attached hydrogens (tertiary/aromatic N) is 1. The highest BCUT2D eigenvalue weighted by molar-refractivity contribution is 5.14. The number of hydrogen-bond donors (Lipinski definition) is 1. The minimum absolute atomic E-state index is 0.947. The lowest BCUT2D eigenvalue weighted by Crippen LogP contribution is -2.34. The third-order valence-electron chi connectivity index (χ3n) is 4.37. The Morgan fingerprint density at radius 2 is 1.75 bits per heavy atom. The van der Waals surface area contributed by atoms with Crippen molar-refractivity contribution in [2.75, 3.05) is 32.7 Å². The third kappa shape index (κ3) is 6.06. The van der Waals surface area contributed by atoms with Crippen molar-refractivity contribution in [2.45, 2.75) is 39.0 Å². The average molecular weight is 274 g/mol. The summed E-state index contributed by atoms with van der Waals surface area (Å²) in [5.41, 5.74) is 1.46. The molecule has 1 saturated heterocycles. The SMILES string of the molecule is CC1CCN(CCCNCCCc2ccccc2)CC1. The van der Waals surface area contributed by atoms with E-state index in [4.69, 9.17) is 0 Å². The highest BCUT2D eigenvalue weighted by atomic mass is 15.1. The number of nitrogens with one attached hydrogen (secondary N) is 1. The van der Waals surface area contributed by atoms with Crippen LogP contribution in [0.15, 0.2) is 30.3 Å². The second-order valence-electron chi connectivity index (χ2n) is 6.22. The molecule has 1 N–H and O–H groups in total. The number of benzene rings is 1. The molecule has 2 heteroatoms. The second-order valence-corrected chi connectivity index (χ2v) is 6.22. The van der Waals surface area contributed by atoms with E-state index in [9.17, 15) is 0 Å². The van der Waals surface area contributed by atoms with Crippen LogP contribution in [-0.4, -0.2) is 37.6 Å². The van der Waals surface area contributed by atoms with Gasteiger partial charge in [-0.3, -0.25) is 0 Å². The van der Waals surface area contributed by atoms with Gasteiger partial charge in [-0.25, -0.2) is 0 Å². The van der Waals surface area contributed by atoms with Crippen LogP contribution in [-0.2, 0) is 6.42 Å². The molecule has 1 fully saturated rings. The first-order chi connectivity index (χ1) is 9.84. The van der Waals surface area contributed by atoms with Gasteiger partial charge in [0.25, 0.3) is 0 Å². The summed E-state index contributed by atoms with van der Waals surface area (Å²) < 4.78 is 0. The summed E-state index contributed by atoms with van der Waals surface area (Å²) in [7, 11) is 0. The molecule has 1 aliphatic rings. The number of aryl methyl sites for hydroxylation is 1. The number of rotatable bonds is 8. The van der Waals surface area contributed by atoms with Gasteiger partial charge in [0.2, 0.25) is 0 Å². The quantitative estimate of drug-likeness (QED) is 0.732. The van der Waals surface area contributed by atoms with Gasteiger partial charge in [-0.15, -0.1) is 0 Å². The van der Waals surface area contributed by atoms with Crippen LogP contribution in [0.4, 0.5) is 0 Å².